The van der Waals surface area contributed by atoms with Gasteiger partial charge in [-0.05, 0) is 56.3 Å². The summed E-state index contributed by atoms with van der Waals surface area (Å²) in [4.78, 5) is 11.9. The highest BCUT2D eigenvalue weighted by atomic mass is 35.5. The number of rotatable bonds is 5. The Bertz CT molecular complexity index is 511. The highest BCUT2D eigenvalue weighted by Crippen LogP contribution is 2.30. The quantitative estimate of drug-likeness (QED) is 0.874. The maximum atomic E-state index is 11.9. The van der Waals surface area contributed by atoms with E-state index in [1.807, 2.05) is 0 Å². The third kappa shape index (κ3) is 4.37. The first-order chi connectivity index (χ1) is 10.3. The Morgan fingerprint density at radius 1 is 1.27 bits per heavy atom. The molecule has 0 bridgehead atoms. The Hall–Kier alpha value is -1.26. The van der Waals surface area contributed by atoms with E-state index in [4.69, 9.17) is 4.74 Å². The Kier molecular flexibility index (Phi) is 6.09. The average molecular weight is 325 g/mol. The van der Waals surface area contributed by atoms with Crippen LogP contribution in [-0.4, -0.2) is 32.1 Å². The lowest BCUT2D eigenvalue weighted by Gasteiger charge is -2.23. The molecule has 0 spiro atoms. The molecule has 3 rings (SSSR count). The summed E-state index contributed by atoms with van der Waals surface area (Å²) in [7, 11) is 1.68. The summed E-state index contributed by atoms with van der Waals surface area (Å²) in [5.74, 6) is 1.55. The number of halogens is 1. The summed E-state index contributed by atoms with van der Waals surface area (Å²) in [6.07, 6.45) is 5.00. The van der Waals surface area contributed by atoms with E-state index in [1.54, 1.807) is 7.11 Å². The predicted molar refractivity (Wildman–Crippen MR) is 90.0 cm³/mol. The van der Waals surface area contributed by atoms with Crippen molar-refractivity contribution in [2.75, 3.05) is 20.2 Å². The molecular formula is C17H25ClN2O2. The van der Waals surface area contributed by atoms with Crippen molar-refractivity contribution in [3.05, 3.63) is 29.3 Å². The van der Waals surface area contributed by atoms with Crippen molar-refractivity contribution in [1.82, 2.24) is 10.6 Å². The smallest absolute Gasteiger partial charge is 0.224 e. The SMILES string of the molecule is COc1cc(C2CCNCC2)ccc1CC(=O)NC1CC1.Cl. The molecule has 1 aliphatic carbocycles. The first kappa shape index (κ1) is 17.1. The van der Waals surface area contributed by atoms with Crippen molar-refractivity contribution < 1.29 is 9.53 Å². The lowest BCUT2D eigenvalue weighted by atomic mass is 9.89. The lowest BCUT2D eigenvalue weighted by molar-refractivity contribution is -0.120. The molecule has 1 saturated heterocycles. The third-order valence-corrected chi connectivity index (χ3v) is 4.42. The Morgan fingerprint density at radius 3 is 2.64 bits per heavy atom. The Balaban J connectivity index is 0.00000176. The summed E-state index contributed by atoms with van der Waals surface area (Å²) in [6, 6.07) is 6.76. The molecule has 1 aromatic rings. The standard InChI is InChI=1S/C17H24N2O2.ClH/c1-21-16-10-13(12-6-8-18-9-7-12)2-3-14(16)11-17(20)19-15-4-5-15;/h2-3,10,12,15,18H,4-9,11H2,1H3,(H,19,20);1H. The number of hydrogen-bond donors (Lipinski definition) is 2. The van der Waals surface area contributed by atoms with Crippen LogP contribution in [-0.2, 0) is 11.2 Å². The summed E-state index contributed by atoms with van der Waals surface area (Å²) < 4.78 is 5.50. The van der Waals surface area contributed by atoms with Crippen molar-refractivity contribution in [2.24, 2.45) is 0 Å². The molecule has 122 valence electrons. The monoisotopic (exact) mass is 324 g/mol. The van der Waals surface area contributed by atoms with Crippen molar-refractivity contribution in [1.29, 1.82) is 0 Å². The highest BCUT2D eigenvalue weighted by molar-refractivity contribution is 5.85. The van der Waals surface area contributed by atoms with E-state index in [0.717, 1.165) is 37.2 Å². The fourth-order valence-corrected chi connectivity index (χ4v) is 3.00. The van der Waals surface area contributed by atoms with E-state index >= 15 is 0 Å². The van der Waals surface area contributed by atoms with Crippen LogP contribution in [0.1, 0.15) is 42.7 Å². The summed E-state index contributed by atoms with van der Waals surface area (Å²) >= 11 is 0. The van der Waals surface area contributed by atoms with Crippen LogP contribution in [0, 0.1) is 0 Å². The molecule has 1 saturated carbocycles. The minimum Gasteiger partial charge on any atom is -0.496 e. The number of ether oxygens (including phenoxy) is 1. The number of benzene rings is 1. The zero-order chi connectivity index (χ0) is 14.7. The van der Waals surface area contributed by atoms with Crippen molar-refractivity contribution in [3.8, 4) is 5.75 Å². The number of methoxy groups -OCH3 is 1. The van der Waals surface area contributed by atoms with E-state index in [9.17, 15) is 4.79 Å². The molecule has 1 aromatic carbocycles. The third-order valence-electron chi connectivity index (χ3n) is 4.42. The predicted octanol–water partition coefficient (Wildman–Crippen LogP) is 2.41. The zero-order valence-electron chi connectivity index (χ0n) is 13.1. The van der Waals surface area contributed by atoms with E-state index < -0.39 is 0 Å². The molecule has 2 fully saturated rings. The van der Waals surface area contributed by atoms with E-state index in [0.29, 0.717) is 18.4 Å². The first-order valence-corrected chi connectivity index (χ1v) is 7.93. The molecule has 0 radical (unpaired) electrons. The van der Waals surface area contributed by atoms with Gasteiger partial charge in [-0.1, -0.05) is 12.1 Å². The number of amides is 1. The topological polar surface area (TPSA) is 50.4 Å². The van der Waals surface area contributed by atoms with E-state index in [1.165, 1.54) is 18.4 Å². The Labute approximate surface area is 138 Å². The number of nitrogens with one attached hydrogen (secondary N) is 2. The van der Waals surface area contributed by atoms with Crippen LogP contribution in [0.5, 0.6) is 5.75 Å². The van der Waals surface area contributed by atoms with Crippen LogP contribution in [0.15, 0.2) is 18.2 Å². The van der Waals surface area contributed by atoms with Gasteiger partial charge in [0.2, 0.25) is 5.91 Å². The second-order valence-corrected chi connectivity index (χ2v) is 6.11. The summed E-state index contributed by atoms with van der Waals surface area (Å²) in [6.45, 7) is 2.16. The Morgan fingerprint density at radius 2 is 2.00 bits per heavy atom. The molecule has 2 N–H and O–H groups in total. The summed E-state index contributed by atoms with van der Waals surface area (Å²) in [5.41, 5.74) is 2.31. The van der Waals surface area contributed by atoms with Crippen LogP contribution in [0.2, 0.25) is 0 Å². The first-order valence-electron chi connectivity index (χ1n) is 7.93. The van der Waals surface area contributed by atoms with Gasteiger partial charge in [0, 0.05) is 11.6 Å². The second kappa shape index (κ2) is 7.84. The van der Waals surface area contributed by atoms with Gasteiger partial charge in [0.1, 0.15) is 5.75 Å². The van der Waals surface area contributed by atoms with Gasteiger partial charge < -0.3 is 15.4 Å². The highest BCUT2D eigenvalue weighted by Gasteiger charge is 2.24. The van der Waals surface area contributed by atoms with Crippen LogP contribution in [0.4, 0.5) is 0 Å². The minimum absolute atomic E-state index is 0. The van der Waals surface area contributed by atoms with Gasteiger partial charge in [0.05, 0.1) is 13.5 Å². The largest absolute Gasteiger partial charge is 0.496 e. The maximum absolute atomic E-state index is 11.9. The average Bonchev–Trinajstić information content (AvgIpc) is 3.32. The van der Waals surface area contributed by atoms with Gasteiger partial charge >= 0.3 is 0 Å². The normalized spacial score (nSPS) is 18.4. The van der Waals surface area contributed by atoms with Crippen molar-refractivity contribution >= 4 is 18.3 Å². The van der Waals surface area contributed by atoms with Gasteiger partial charge in [-0.3, -0.25) is 4.79 Å². The molecule has 0 aromatic heterocycles. The van der Waals surface area contributed by atoms with Gasteiger partial charge in [-0.15, -0.1) is 12.4 Å². The zero-order valence-corrected chi connectivity index (χ0v) is 13.9. The van der Waals surface area contributed by atoms with Crippen molar-refractivity contribution in [2.45, 2.75) is 44.1 Å². The van der Waals surface area contributed by atoms with Crippen LogP contribution in [0.25, 0.3) is 0 Å². The molecule has 0 atom stereocenters. The molecule has 5 heteroatoms. The molecular weight excluding hydrogens is 300 g/mol. The minimum atomic E-state index is 0. The van der Waals surface area contributed by atoms with Gasteiger partial charge in [-0.2, -0.15) is 0 Å². The lowest BCUT2D eigenvalue weighted by Crippen LogP contribution is -2.27. The molecule has 22 heavy (non-hydrogen) atoms. The van der Waals surface area contributed by atoms with Crippen LogP contribution < -0.4 is 15.4 Å². The van der Waals surface area contributed by atoms with E-state index in [-0.39, 0.29) is 18.3 Å². The fraction of sp³-hybridized carbons (Fsp3) is 0.588. The molecule has 0 unspecified atom stereocenters. The molecule has 1 heterocycles. The molecule has 1 aliphatic heterocycles. The number of piperidine rings is 1. The van der Waals surface area contributed by atoms with Crippen LogP contribution in [0.3, 0.4) is 0 Å². The van der Waals surface area contributed by atoms with Gasteiger partial charge in [-0.25, -0.2) is 0 Å². The van der Waals surface area contributed by atoms with Crippen molar-refractivity contribution in [3.63, 3.8) is 0 Å². The molecule has 4 nitrogen and oxygen atoms in total. The molecule has 1 amide bonds. The number of hydrogen-bond acceptors (Lipinski definition) is 3. The maximum Gasteiger partial charge on any atom is 0.224 e. The second-order valence-electron chi connectivity index (χ2n) is 6.11. The van der Waals surface area contributed by atoms with Gasteiger partial charge in [0.25, 0.3) is 0 Å². The number of carbonyl (C=O) groups excluding carboxylic acids is 1. The van der Waals surface area contributed by atoms with E-state index in [2.05, 4.69) is 28.8 Å². The number of carbonyl (C=O) groups is 1. The summed E-state index contributed by atoms with van der Waals surface area (Å²) in [5, 5.41) is 6.42. The van der Waals surface area contributed by atoms with Gasteiger partial charge in [0.15, 0.2) is 0 Å². The molecule has 2 aliphatic rings. The fourth-order valence-electron chi connectivity index (χ4n) is 3.00. The van der Waals surface area contributed by atoms with Crippen LogP contribution >= 0.6 is 12.4 Å².